The molecular weight excluding hydrogens is 604 g/mol. The Hall–Kier alpha value is -4.34. The molecule has 1 amide bonds. The molecule has 48 heavy (non-hydrogen) atoms. The lowest BCUT2D eigenvalue weighted by atomic mass is 9.89. The summed E-state index contributed by atoms with van der Waals surface area (Å²) in [7, 11) is 2.13. The molecule has 3 N–H and O–H groups in total. The lowest BCUT2D eigenvalue weighted by Gasteiger charge is -2.43. The summed E-state index contributed by atoms with van der Waals surface area (Å²) >= 11 is 0. The molecule has 1 saturated heterocycles. The summed E-state index contributed by atoms with van der Waals surface area (Å²) < 4.78 is 13.4. The van der Waals surface area contributed by atoms with Gasteiger partial charge in [0, 0.05) is 43.5 Å². The normalized spacial score (nSPS) is 19.9. The second-order valence-corrected chi connectivity index (χ2v) is 12.7. The van der Waals surface area contributed by atoms with Gasteiger partial charge in [-0.2, -0.15) is 0 Å². The molecule has 1 aliphatic rings. The van der Waals surface area contributed by atoms with E-state index in [0.717, 1.165) is 39.9 Å². The van der Waals surface area contributed by atoms with E-state index in [1.54, 1.807) is 0 Å². The maximum Gasteiger partial charge on any atom is 0.303 e. The van der Waals surface area contributed by atoms with Crippen molar-refractivity contribution in [2.75, 3.05) is 13.6 Å². The summed E-state index contributed by atoms with van der Waals surface area (Å²) in [6, 6.07) is 34.8. The van der Waals surface area contributed by atoms with Gasteiger partial charge in [-0.25, -0.2) is 0 Å². The van der Waals surface area contributed by atoms with Crippen LogP contribution in [-0.4, -0.2) is 46.7 Å². The molecule has 252 valence electrons. The lowest BCUT2D eigenvalue weighted by molar-refractivity contribution is -0.276. The number of carbonyl (C=O) groups excluding carboxylic acids is 1. The number of aliphatic hydroxyl groups excluding tert-OH is 1. The fourth-order valence-corrected chi connectivity index (χ4v) is 6.21. The number of ether oxygens (including phenoxy) is 2. The van der Waals surface area contributed by atoms with Gasteiger partial charge in [-0.15, -0.1) is 0 Å². The Morgan fingerprint density at radius 2 is 1.52 bits per heavy atom. The van der Waals surface area contributed by atoms with Crippen molar-refractivity contribution < 1.29 is 29.3 Å². The van der Waals surface area contributed by atoms with Crippen molar-refractivity contribution in [2.45, 2.75) is 70.8 Å². The van der Waals surface area contributed by atoms with Gasteiger partial charge < -0.3 is 25.0 Å². The first-order valence-electron chi connectivity index (χ1n) is 16.7. The van der Waals surface area contributed by atoms with E-state index in [9.17, 15) is 14.7 Å². The first-order valence-corrected chi connectivity index (χ1v) is 16.7. The van der Waals surface area contributed by atoms with E-state index >= 15 is 0 Å². The molecule has 0 aliphatic carbocycles. The summed E-state index contributed by atoms with van der Waals surface area (Å²) in [5.41, 5.74) is 7.05. The number of carboxylic acids is 1. The van der Waals surface area contributed by atoms with E-state index in [0.29, 0.717) is 13.0 Å². The summed E-state index contributed by atoms with van der Waals surface area (Å²) in [5.74, 6) is -0.999. The van der Waals surface area contributed by atoms with Gasteiger partial charge in [0.15, 0.2) is 6.29 Å². The number of aliphatic carboxylic acids is 1. The number of carbonyl (C=O) groups is 2. The van der Waals surface area contributed by atoms with Crippen molar-refractivity contribution in [3.63, 3.8) is 0 Å². The van der Waals surface area contributed by atoms with Crippen molar-refractivity contribution in [3.05, 3.63) is 131 Å². The maximum absolute atomic E-state index is 12.3. The zero-order chi connectivity index (χ0) is 34.0. The minimum absolute atomic E-state index is 0.00741. The van der Waals surface area contributed by atoms with Crippen LogP contribution in [0.2, 0.25) is 0 Å². The van der Waals surface area contributed by atoms with Crippen molar-refractivity contribution in [1.29, 1.82) is 0 Å². The number of hydrogen-bond donors (Lipinski definition) is 3. The average Bonchev–Trinajstić information content (AvgIpc) is 3.11. The zero-order valence-electron chi connectivity index (χ0n) is 27.9. The van der Waals surface area contributed by atoms with E-state index in [-0.39, 0.29) is 49.5 Å². The van der Waals surface area contributed by atoms with E-state index < -0.39 is 12.3 Å². The summed E-state index contributed by atoms with van der Waals surface area (Å²) in [6.45, 7) is 5.45. The molecular formula is C40H46N2O6. The van der Waals surface area contributed by atoms with Gasteiger partial charge in [0.25, 0.3) is 0 Å². The van der Waals surface area contributed by atoms with Crippen LogP contribution in [0.4, 0.5) is 0 Å². The zero-order valence-corrected chi connectivity index (χ0v) is 27.9. The predicted octanol–water partition coefficient (Wildman–Crippen LogP) is 7.20. The van der Waals surface area contributed by atoms with Gasteiger partial charge in [-0.3, -0.25) is 14.5 Å². The molecule has 5 rings (SSSR count). The third kappa shape index (κ3) is 8.96. The third-order valence-corrected chi connectivity index (χ3v) is 9.32. The Morgan fingerprint density at radius 1 is 0.854 bits per heavy atom. The number of aliphatic hydroxyl groups is 1. The Labute approximate surface area is 283 Å². The number of nitrogens with one attached hydrogen (secondary N) is 1. The SMILES string of the molecule is CC1C(CN(C)C(C)c2ccccc2)OC(c2ccc(-c3ccccc3CNC(=O)CCCC(=O)O)cc2)OC1c1ccc(CO)cc1. The quantitative estimate of drug-likeness (QED) is 0.132. The highest BCUT2D eigenvalue weighted by molar-refractivity contribution is 5.77. The molecule has 4 aromatic rings. The van der Waals surface area contributed by atoms with Crippen molar-refractivity contribution in [2.24, 2.45) is 5.92 Å². The van der Waals surface area contributed by atoms with Crippen LogP contribution >= 0.6 is 0 Å². The Morgan fingerprint density at radius 3 is 2.21 bits per heavy atom. The second kappa shape index (κ2) is 16.7. The molecule has 4 aromatic carbocycles. The fraction of sp³-hybridized carbons (Fsp3) is 0.350. The molecule has 0 radical (unpaired) electrons. The number of nitrogens with zero attached hydrogens (tertiary/aromatic N) is 1. The highest BCUT2D eigenvalue weighted by Gasteiger charge is 2.39. The molecule has 8 nitrogen and oxygen atoms in total. The summed E-state index contributed by atoms with van der Waals surface area (Å²) in [4.78, 5) is 25.4. The number of benzene rings is 4. The summed E-state index contributed by atoms with van der Waals surface area (Å²) in [6.07, 6.45) is -0.429. The Bertz CT molecular complexity index is 1630. The fourth-order valence-electron chi connectivity index (χ4n) is 6.21. The lowest BCUT2D eigenvalue weighted by Crippen LogP contribution is -2.44. The van der Waals surface area contributed by atoms with Crippen LogP contribution in [-0.2, 0) is 32.2 Å². The van der Waals surface area contributed by atoms with Crippen molar-refractivity contribution >= 4 is 11.9 Å². The molecule has 0 spiro atoms. The Kier molecular flexibility index (Phi) is 12.1. The van der Waals surface area contributed by atoms with Crippen LogP contribution in [0.3, 0.4) is 0 Å². The first-order chi connectivity index (χ1) is 23.2. The molecule has 0 aromatic heterocycles. The van der Waals surface area contributed by atoms with Crippen LogP contribution in [0.15, 0.2) is 103 Å². The molecule has 0 bridgehead atoms. The molecule has 1 heterocycles. The molecule has 5 unspecified atom stereocenters. The number of likely N-dealkylation sites (N-methyl/N-ethyl adjacent to an activating group) is 1. The largest absolute Gasteiger partial charge is 0.481 e. The van der Waals surface area contributed by atoms with Gasteiger partial charge >= 0.3 is 5.97 Å². The molecule has 0 saturated carbocycles. The summed E-state index contributed by atoms with van der Waals surface area (Å²) in [5, 5.41) is 21.4. The van der Waals surface area contributed by atoms with E-state index in [1.165, 1.54) is 5.56 Å². The van der Waals surface area contributed by atoms with Gasteiger partial charge in [0.2, 0.25) is 5.91 Å². The molecule has 8 heteroatoms. The third-order valence-electron chi connectivity index (χ3n) is 9.32. The van der Waals surface area contributed by atoms with E-state index in [4.69, 9.17) is 14.6 Å². The molecule has 5 atom stereocenters. The van der Waals surface area contributed by atoms with Gasteiger partial charge in [-0.1, -0.05) is 110 Å². The van der Waals surface area contributed by atoms with Crippen molar-refractivity contribution in [3.8, 4) is 11.1 Å². The van der Waals surface area contributed by atoms with Crippen LogP contribution < -0.4 is 5.32 Å². The van der Waals surface area contributed by atoms with Gasteiger partial charge in [-0.05, 0) is 53.8 Å². The molecule has 1 fully saturated rings. The average molecular weight is 651 g/mol. The van der Waals surface area contributed by atoms with Gasteiger partial charge in [0.1, 0.15) is 0 Å². The maximum atomic E-state index is 12.3. The standard InChI is InChI=1S/C40H46N2O6/c1-27-36(25-42(3)28(2)30-10-5-4-6-11-30)47-40(48-39(27)32-18-16-29(26-43)17-19-32)33-22-20-31(21-23-33)35-13-8-7-12-34(35)24-41-37(44)14-9-15-38(45)46/h4-8,10-13,16-23,27-28,36,39-40,43H,9,14-15,24-26H2,1-3H3,(H,41,44)(H,45,46). The van der Waals surface area contributed by atoms with Crippen molar-refractivity contribution in [1.82, 2.24) is 10.2 Å². The second-order valence-electron chi connectivity index (χ2n) is 12.7. The number of amides is 1. The van der Waals surface area contributed by atoms with E-state index in [1.807, 2.05) is 66.7 Å². The Balaban J connectivity index is 1.34. The predicted molar refractivity (Wildman–Crippen MR) is 186 cm³/mol. The van der Waals surface area contributed by atoms with E-state index in [2.05, 4.69) is 67.5 Å². The highest BCUT2D eigenvalue weighted by Crippen LogP contribution is 2.42. The minimum atomic E-state index is -0.900. The highest BCUT2D eigenvalue weighted by atomic mass is 16.7. The van der Waals surface area contributed by atoms with Gasteiger partial charge in [0.05, 0.1) is 18.8 Å². The number of carboxylic acid groups (broad SMARTS) is 1. The smallest absolute Gasteiger partial charge is 0.303 e. The topological polar surface area (TPSA) is 108 Å². The minimum Gasteiger partial charge on any atom is -0.481 e. The van der Waals surface area contributed by atoms with Crippen LogP contribution in [0, 0.1) is 5.92 Å². The number of hydrogen-bond acceptors (Lipinski definition) is 6. The monoisotopic (exact) mass is 650 g/mol. The first kappa shape index (κ1) is 35.0. The number of rotatable bonds is 14. The molecule has 1 aliphatic heterocycles. The van der Waals surface area contributed by atoms with Crippen LogP contribution in [0.1, 0.15) is 79.4 Å². The van der Waals surface area contributed by atoms with Crippen LogP contribution in [0.5, 0.6) is 0 Å². The van der Waals surface area contributed by atoms with Crippen LogP contribution in [0.25, 0.3) is 11.1 Å².